The number of nitrogens with zero attached hydrogens (tertiary/aromatic N) is 2. The van der Waals surface area contributed by atoms with E-state index >= 15 is 0 Å². The summed E-state index contributed by atoms with van der Waals surface area (Å²) in [4.78, 5) is 28.0. The van der Waals surface area contributed by atoms with Crippen molar-refractivity contribution < 1.29 is 18.0 Å². The summed E-state index contributed by atoms with van der Waals surface area (Å²) < 4.78 is 30.1. The van der Waals surface area contributed by atoms with E-state index in [-0.39, 0.29) is 17.3 Å². The number of nitrogens with one attached hydrogen (secondary N) is 1. The second-order valence-electron chi connectivity index (χ2n) is 8.53. The summed E-state index contributed by atoms with van der Waals surface area (Å²) in [5.74, 6) is -0.823. The number of aryl methyl sites for hydroxylation is 1. The largest absolute Gasteiger partial charge is 0.355 e. The van der Waals surface area contributed by atoms with Crippen molar-refractivity contribution >= 4 is 59.4 Å². The fourth-order valence-corrected chi connectivity index (χ4v) is 5.97. The summed E-state index contributed by atoms with van der Waals surface area (Å²) in [6, 6.07) is 19.8. The fraction of sp³-hybridized carbons (Fsp3) is 0.259. The predicted molar refractivity (Wildman–Crippen MR) is 153 cm³/mol. The van der Waals surface area contributed by atoms with E-state index in [1.54, 1.807) is 50.2 Å². The maximum atomic E-state index is 13.8. The van der Waals surface area contributed by atoms with Crippen LogP contribution in [0.5, 0.6) is 0 Å². The Labute approximate surface area is 235 Å². The highest BCUT2D eigenvalue weighted by Gasteiger charge is 2.32. The summed E-state index contributed by atoms with van der Waals surface area (Å²) >= 11 is 6.83. The van der Waals surface area contributed by atoms with Crippen LogP contribution in [0.4, 0.5) is 5.69 Å². The number of carbonyl (C=O) groups is 2. The van der Waals surface area contributed by atoms with Gasteiger partial charge in [0.1, 0.15) is 12.6 Å². The standard InChI is InChI=1S/C27H29Br2N3O4S/c1-4-30-27(34)20(3)31(17-21-7-5-8-22(28)15-21)26(33)18-32(24-10-6-9-23(29)16-24)37(35,36)25-13-11-19(2)12-14-25/h5-16,20H,4,17-18H2,1-3H3,(H,30,34)/t20-/m0/s1. The molecule has 0 saturated carbocycles. The highest BCUT2D eigenvalue weighted by Crippen LogP contribution is 2.27. The number of likely N-dealkylation sites (N-methyl/N-ethyl adjacent to an activating group) is 1. The number of amides is 2. The molecule has 7 nitrogen and oxygen atoms in total. The lowest BCUT2D eigenvalue weighted by atomic mass is 10.1. The van der Waals surface area contributed by atoms with Crippen LogP contribution in [-0.4, -0.2) is 44.3 Å². The van der Waals surface area contributed by atoms with Crippen LogP contribution in [0, 0.1) is 6.92 Å². The first-order valence-electron chi connectivity index (χ1n) is 11.7. The second kappa shape index (κ2) is 12.7. The van der Waals surface area contributed by atoms with Gasteiger partial charge in [-0.05, 0) is 68.8 Å². The molecule has 10 heteroatoms. The van der Waals surface area contributed by atoms with E-state index in [9.17, 15) is 18.0 Å². The minimum absolute atomic E-state index is 0.0705. The lowest BCUT2D eigenvalue weighted by molar-refractivity contribution is -0.139. The molecule has 1 N–H and O–H groups in total. The van der Waals surface area contributed by atoms with E-state index in [2.05, 4.69) is 37.2 Å². The quantitative estimate of drug-likeness (QED) is 0.324. The first kappa shape index (κ1) is 28.9. The molecule has 0 spiro atoms. The van der Waals surface area contributed by atoms with Crippen LogP contribution in [0.1, 0.15) is 25.0 Å². The number of sulfonamides is 1. The molecule has 0 aliphatic heterocycles. The van der Waals surface area contributed by atoms with Crippen molar-refractivity contribution in [2.75, 3.05) is 17.4 Å². The Kier molecular flexibility index (Phi) is 9.92. The Balaban J connectivity index is 2.03. The molecule has 3 rings (SSSR count). The molecule has 0 bridgehead atoms. The molecule has 37 heavy (non-hydrogen) atoms. The molecular weight excluding hydrogens is 622 g/mol. The number of hydrogen-bond donors (Lipinski definition) is 1. The van der Waals surface area contributed by atoms with Gasteiger partial charge in [0.05, 0.1) is 10.6 Å². The molecule has 0 unspecified atom stereocenters. The lowest BCUT2D eigenvalue weighted by Crippen LogP contribution is -2.51. The molecule has 0 aromatic heterocycles. The monoisotopic (exact) mass is 649 g/mol. The number of rotatable bonds is 10. The van der Waals surface area contributed by atoms with Gasteiger partial charge in [-0.3, -0.25) is 13.9 Å². The highest BCUT2D eigenvalue weighted by molar-refractivity contribution is 9.10. The van der Waals surface area contributed by atoms with E-state index in [0.717, 1.165) is 19.9 Å². The zero-order chi connectivity index (χ0) is 27.2. The molecule has 0 radical (unpaired) electrons. The molecule has 0 saturated heterocycles. The fourth-order valence-electron chi connectivity index (χ4n) is 3.73. The van der Waals surface area contributed by atoms with Crippen molar-refractivity contribution in [2.45, 2.75) is 38.3 Å². The first-order valence-corrected chi connectivity index (χ1v) is 14.7. The van der Waals surface area contributed by atoms with E-state index in [0.29, 0.717) is 16.7 Å². The van der Waals surface area contributed by atoms with Crippen molar-refractivity contribution in [1.29, 1.82) is 0 Å². The van der Waals surface area contributed by atoms with Gasteiger partial charge in [-0.1, -0.05) is 67.8 Å². The van der Waals surface area contributed by atoms with Crippen molar-refractivity contribution in [3.63, 3.8) is 0 Å². The van der Waals surface area contributed by atoms with Crippen LogP contribution in [0.25, 0.3) is 0 Å². The number of anilines is 1. The first-order chi connectivity index (χ1) is 17.5. The molecule has 1 atom stereocenters. The minimum atomic E-state index is -4.10. The van der Waals surface area contributed by atoms with Crippen LogP contribution in [0.2, 0.25) is 0 Å². The van der Waals surface area contributed by atoms with Gasteiger partial charge in [0.25, 0.3) is 10.0 Å². The molecule has 2 amide bonds. The summed E-state index contributed by atoms with van der Waals surface area (Å²) in [5, 5.41) is 2.75. The normalized spacial score (nSPS) is 12.0. The van der Waals surface area contributed by atoms with Crippen LogP contribution in [0.15, 0.2) is 86.6 Å². The third kappa shape index (κ3) is 7.43. The minimum Gasteiger partial charge on any atom is -0.355 e. The average molecular weight is 651 g/mol. The van der Waals surface area contributed by atoms with Crippen LogP contribution < -0.4 is 9.62 Å². The summed E-state index contributed by atoms with van der Waals surface area (Å²) in [7, 11) is -4.10. The topological polar surface area (TPSA) is 86.8 Å². The van der Waals surface area contributed by atoms with Gasteiger partial charge in [0.2, 0.25) is 11.8 Å². The van der Waals surface area contributed by atoms with Gasteiger partial charge in [0.15, 0.2) is 0 Å². The van der Waals surface area contributed by atoms with Gasteiger partial charge >= 0.3 is 0 Å². The van der Waals surface area contributed by atoms with Crippen molar-refractivity contribution in [2.24, 2.45) is 0 Å². The van der Waals surface area contributed by atoms with Gasteiger partial charge < -0.3 is 10.2 Å². The number of halogens is 2. The van der Waals surface area contributed by atoms with Gasteiger partial charge in [-0.15, -0.1) is 0 Å². The van der Waals surface area contributed by atoms with Gasteiger partial charge in [-0.2, -0.15) is 0 Å². The Hall–Kier alpha value is -2.69. The van der Waals surface area contributed by atoms with Crippen LogP contribution in [-0.2, 0) is 26.2 Å². The Morgan fingerprint density at radius 3 is 2.16 bits per heavy atom. The number of benzene rings is 3. The molecule has 0 heterocycles. The summed E-state index contributed by atoms with van der Waals surface area (Å²) in [6.07, 6.45) is 0. The van der Waals surface area contributed by atoms with Crippen molar-refractivity contribution in [3.8, 4) is 0 Å². The zero-order valence-electron chi connectivity index (χ0n) is 20.8. The second-order valence-corrected chi connectivity index (χ2v) is 12.2. The molecule has 3 aromatic carbocycles. The van der Waals surface area contributed by atoms with Crippen molar-refractivity contribution in [3.05, 3.63) is 92.9 Å². The third-order valence-corrected chi connectivity index (χ3v) is 8.52. The smallest absolute Gasteiger partial charge is 0.264 e. The Morgan fingerprint density at radius 2 is 1.57 bits per heavy atom. The lowest BCUT2D eigenvalue weighted by Gasteiger charge is -2.32. The molecule has 0 aliphatic rings. The SMILES string of the molecule is CCNC(=O)[C@H](C)N(Cc1cccc(Br)c1)C(=O)CN(c1cccc(Br)c1)S(=O)(=O)c1ccc(C)cc1. The number of hydrogen-bond acceptors (Lipinski definition) is 4. The van der Waals surface area contributed by atoms with Gasteiger partial charge in [0, 0.05) is 22.0 Å². The Bertz CT molecular complexity index is 1360. The van der Waals surface area contributed by atoms with Gasteiger partial charge in [-0.25, -0.2) is 8.42 Å². The Morgan fingerprint density at radius 1 is 0.946 bits per heavy atom. The van der Waals surface area contributed by atoms with E-state index in [1.165, 1.54) is 17.0 Å². The third-order valence-electron chi connectivity index (χ3n) is 5.74. The maximum Gasteiger partial charge on any atom is 0.264 e. The summed E-state index contributed by atoms with van der Waals surface area (Å²) in [5.41, 5.74) is 2.05. The maximum absolute atomic E-state index is 13.8. The predicted octanol–water partition coefficient (Wildman–Crippen LogP) is 5.27. The molecule has 0 aliphatic carbocycles. The molecule has 3 aromatic rings. The molecule has 196 valence electrons. The molecule has 0 fully saturated rings. The van der Waals surface area contributed by atoms with Crippen LogP contribution >= 0.6 is 31.9 Å². The summed E-state index contributed by atoms with van der Waals surface area (Å²) in [6.45, 7) is 5.37. The van der Waals surface area contributed by atoms with E-state index < -0.39 is 28.5 Å². The van der Waals surface area contributed by atoms with Crippen LogP contribution in [0.3, 0.4) is 0 Å². The number of carbonyl (C=O) groups excluding carboxylic acids is 2. The zero-order valence-corrected chi connectivity index (χ0v) is 24.8. The molecular formula is C27H29Br2N3O4S. The van der Waals surface area contributed by atoms with E-state index in [4.69, 9.17) is 0 Å². The average Bonchev–Trinajstić information content (AvgIpc) is 2.85. The van der Waals surface area contributed by atoms with E-state index in [1.807, 2.05) is 31.2 Å². The van der Waals surface area contributed by atoms with Crippen molar-refractivity contribution in [1.82, 2.24) is 10.2 Å². The highest BCUT2D eigenvalue weighted by atomic mass is 79.9.